The Bertz CT molecular complexity index is 789. The number of nitrogens with two attached hydrogens (primary N) is 1. The lowest BCUT2D eigenvalue weighted by molar-refractivity contribution is -0.125. The van der Waals surface area contributed by atoms with Crippen molar-refractivity contribution in [1.82, 2.24) is 4.90 Å². The van der Waals surface area contributed by atoms with E-state index in [4.69, 9.17) is 10.5 Å². The van der Waals surface area contributed by atoms with Crippen LogP contribution in [0.4, 0.5) is 5.69 Å². The molecule has 2 amide bonds. The topological polar surface area (TPSA) is 84.7 Å². The van der Waals surface area contributed by atoms with Gasteiger partial charge in [0.1, 0.15) is 5.75 Å². The number of hydrogen-bond acceptors (Lipinski definition) is 4. The molecule has 0 fully saturated rings. The predicted molar refractivity (Wildman–Crippen MR) is 99.8 cm³/mol. The fraction of sp³-hybridized carbons (Fsp3) is 0.300. The van der Waals surface area contributed by atoms with Gasteiger partial charge >= 0.3 is 0 Å². The third-order valence-electron chi connectivity index (χ3n) is 4.47. The quantitative estimate of drug-likeness (QED) is 0.831. The van der Waals surface area contributed by atoms with Crippen LogP contribution in [0.15, 0.2) is 48.5 Å². The summed E-state index contributed by atoms with van der Waals surface area (Å²) in [6.07, 6.45) is 0.530. The molecule has 0 spiro atoms. The van der Waals surface area contributed by atoms with E-state index in [0.29, 0.717) is 25.3 Å². The highest BCUT2D eigenvalue weighted by Gasteiger charge is 2.31. The van der Waals surface area contributed by atoms with Gasteiger partial charge < -0.3 is 15.8 Å². The first-order valence-corrected chi connectivity index (χ1v) is 8.69. The minimum atomic E-state index is -0.476. The van der Waals surface area contributed by atoms with Crippen LogP contribution in [0, 0.1) is 0 Å². The molecule has 136 valence electrons. The van der Waals surface area contributed by atoms with Crippen molar-refractivity contribution in [3.63, 3.8) is 0 Å². The molecule has 26 heavy (non-hydrogen) atoms. The van der Waals surface area contributed by atoms with E-state index in [1.54, 1.807) is 12.1 Å². The minimum Gasteiger partial charge on any atom is -0.494 e. The van der Waals surface area contributed by atoms with E-state index in [2.05, 4.69) is 5.32 Å². The van der Waals surface area contributed by atoms with Crippen LogP contribution in [0.5, 0.6) is 5.75 Å². The zero-order valence-electron chi connectivity index (χ0n) is 14.8. The van der Waals surface area contributed by atoms with Crippen LogP contribution >= 0.6 is 0 Å². The summed E-state index contributed by atoms with van der Waals surface area (Å²) in [5, 5.41) is 2.85. The van der Waals surface area contributed by atoms with Crippen molar-refractivity contribution in [2.24, 2.45) is 5.73 Å². The number of fused-ring (bicyclic) bond motifs is 1. The highest BCUT2D eigenvalue weighted by atomic mass is 16.5. The highest BCUT2D eigenvalue weighted by molar-refractivity contribution is 5.93. The lowest BCUT2D eigenvalue weighted by Gasteiger charge is -2.34. The number of nitrogens with one attached hydrogen (secondary N) is 1. The summed E-state index contributed by atoms with van der Waals surface area (Å²) in [7, 11) is 0. The maximum Gasteiger partial charge on any atom is 0.238 e. The maximum absolute atomic E-state index is 12.4. The summed E-state index contributed by atoms with van der Waals surface area (Å²) in [4.78, 5) is 26.1. The smallest absolute Gasteiger partial charge is 0.238 e. The van der Waals surface area contributed by atoms with Crippen molar-refractivity contribution in [2.75, 3.05) is 18.5 Å². The molecule has 0 radical (unpaired) electrons. The van der Waals surface area contributed by atoms with E-state index < -0.39 is 11.9 Å². The van der Waals surface area contributed by atoms with E-state index in [-0.39, 0.29) is 12.5 Å². The van der Waals surface area contributed by atoms with Crippen LogP contribution in [-0.2, 0) is 22.6 Å². The fourth-order valence-corrected chi connectivity index (χ4v) is 3.21. The Morgan fingerprint density at radius 1 is 1.15 bits per heavy atom. The van der Waals surface area contributed by atoms with Crippen molar-refractivity contribution in [1.29, 1.82) is 0 Å². The Balaban J connectivity index is 1.66. The van der Waals surface area contributed by atoms with Gasteiger partial charge in [-0.3, -0.25) is 14.5 Å². The number of hydrogen-bond donors (Lipinski definition) is 2. The molecule has 1 atom stereocenters. The Kier molecular flexibility index (Phi) is 5.53. The first kappa shape index (κ1) is 17.9. The number of amides is 2. The number of benzene rings is 2. The highest BCUT2D eigenvalue weighted by Crippen LogP contribution is 2.23. The number of rotatable bonds is 6. The van der Waals surface area contributed by atoms with Crippen molar-refractivity contribution in [3.05, 3.63) is 59.7 Å². The van der Waals surface area contributed by atoms with Crippen LogP contribution in [-0.4, -0.2) is 35.9 Å². The summed E-state index contributed by atoms with van der Waals surface area (Å²) in [5.74, 6) is 0.167. The number of primary amides is 1. The van der Waals surface area contributed by atoms with Crippen molar-refractivity contribution < 1.29 is 14.3 Å². The summed E-state index contributed by atoms with van der Waals surface area (Å²) in [6, 6.07) is 14.7. The van der Waals surface area contributed by atoms with Gasteiger partial charge in [0.15, 0.2) is 0 Å². The van der Waals surface area contributed by atoms with Crippen molar-refractivity contribution in [2.45, 2.75) is 25.9 Å². The Morgan fingerprint density at radius 2 is 1.85 bits per heavy atom. The second-order valence-corrected chi connectivity index (χ2v) is 6.30. The zero-order chi connectivity index (χ0) is 18.5. The normalized spacial score (nSPS) is 16.6. The summed E-state index contributed by atoms with van der Waals surface area (Å²) in [5.41, 5.74) is 8.48. The van der Waals surface area contributed by atoms with Gasteiger partial charge in [-0.2, -0.15) is 0 Å². The van der Waals surface area contributed by atoms with E-state index in [0.717, 1.165) is 16.9 Å². The monoisotopic (exact) mass is 353 g/mol. The average molecular weight is 353 g/mol. The summed E-state index contributed by atoms with van der Waals surface area (Å²) < 4.78 is 5.39. The second kappa shape index (κ2) is 8.01. The van der Waals surface area contributed by atoms with Gasteiger partial charge in [-0.05, 0) is 48.7 Å². The molecule has 0 unspecified atom stereocenters. The largest absolute Gasteiger partial charge is 0.494 e. The number of carbonyl (C=O) groups excluding carboxylic acids is 2. The molecule has 2 aromatic rings. The number of nitrogens with zero attached hydrogens (tertiary/aromatic N) is 1. The molecule has 6 heteroatoms. The first-order chi connectivity index (χ1) is 12.6. The number of ether oxygens (including phenoxy) is 1. The molecule has 0 saturated heterocycles. The molecule has 2 aromatic carbocycles. The molecule has 3 N–H and O–H groups in total. The average Bonchev–Trinajstić information content (AvgIpc) is 2.63. The van der Waals surface area contributed by atoms with Gasteiger partial charge in [-0.1, -0.05) is 24.3 Å². The van der Waals surface area contributed by atoms with Gasteiger partial charge in [0.25, 0.3) is 0 Å². The molecule has 1 aliphatic rings. The standard InChI is InChI=1S/C20H23N3O3/c1-2-26-17-9-7-16(8-10-17)22-19(24)13-23-12-15-6-4-3-5-14(15)11-18(23)20(21)25/h3-10,18H,2,11-13H2,1H3,(H2,21,25)(H,22,24)/t18-/m0/s1. The van der Waals surface area contributed by atoms with Crippen LogP contribution in [0.3, 0.4) is 0 Å². The second-order valence-electron chi connectivity index (χ2n) is 6.30. The molecule has 0 saturated carbocycles. The maximum atomic E-state index is 12.4. The SMILES string of the molecule is CCOc1ccc(NC(=O)CN2Cc3ccccc3C[C@H]2C(N)=O)cc1. The lowest BCUT2D eigenvalue weighted by Crippen LogP contribution is -2.50. The molecule has 0 aliphatic carbocycles. The fourth-order valence-electron chi connectivity index (χ4n) is 3.21. The van der Waals surface area contributed by atoms with Gasteiger partial charge in [-0.25, -0.2) is 0 Å². The van der Waals surface area contributed by atoms with Crippen molar-refractivity contribution in [3.8, 4) is 5.75 Å². The Hall–Kier alpha value is -2.86. The van der Waals surface area contributed by atoms with Gasteiger partial charge in [0.2, 0.25) is 11.8 Å². The third-order valence-corrected chi connectivity index (χ3v) is 4.47. The first-order valence-electron chi connectivity index (χ1n) is 8.69. The Labute approximate surface area is 152 Å². The minimum absolute atomic E-state index is 0.106. The van der Waals surface area contributed by atoms with Crippen LogP contribution < -0.4 is 15.8 Å². The molecular weight excluding hydrogens is 330 g/mol. The summed E-state index contributed by atoms with van der Waals surface area (Å²) in [6.45, 7) is 3.15. The molecule has 1 aliphatic heterocycles. The molecule has 0 bridgehead atoms. The number of carbonyl (C=O) groups is 2. The molecule has 1 heterocycles. The number of anilines is 1. The van der Waals surface area contributed by atoms with Gasteiger partial charge in [0, 0.05) is 12.2 Å². The van der Waals surface area contributed by atoms with Gasteiger partial charge in [-0.15, -0.1) is 0 Å². The van der Waals surface area contributed by atoms with E-state index in [1.807, 2.05) is 48.2 Å². The third kappa shape index (κ3) is 4.21. The summed E-state index contributed by atoms with van der Waals surface area (Å²) >= 11 is 0. The molecular formula is C20H23N3O3. The van der Waals surface area contributed by atoms with Crippen LogP contribution in [0.2, 0.25) is 0 Å². The van der Waals surface area contributed by atoms with E-state index in [1.165, 1.54) is 0 Å². The molecule has 0 aromatic heterocycles. The molecule has 6 nitrogen and oxygen atoms in total. The van der Waals surface area contributed by atoms with E-state index >= 15 is 0 Å². The zero-order valence-corrected chi connectivity index (χ0v) is 14.8. The van der Waals surface area contributed by atoms with Crippen LogP contribution in [0.25, 0.3) is 0 Å². The molecule has 3 rings (SSSR count). The Morgan fingerprint density at radius 3 is 2.50 bits per heavy atom. The van der Waals surface area contributed by atoms with Gasteiger partial charge in [0.05, 0.1) is 19.2 Å². The van der Waals surface area contributed by atoms with E-state index in [9.17, 15) is 9.59 Å². The van der Waals surface area contributed by atoms with Crippen molar-refractivity contribution >= 4 is 17.5 Å². The lowest BCUT2D eigenvalue weighted by atomic mass is 9.93. The van der Waals surface area contributed by atoms with Crippen LogP contribution in [0.1, 0.15) is 18.1 Å². The predicted octanol–water partition coefficient (Wildman–Crippen LogP) is 1.94.